The van der Waals surface area contributed by atoms with Gasteiger partial charge >= 0.3 is 0 Å². The lowest BCUT2D eigenvalue weighted by Crippen LogP contribution is -2.21. The van der Waals surface area contributed by atoms with Crippen LogP contribution in [0.4, 0.5) is 0 Å². The molecule has 0 aliphatic heterocycles. The number of nitrogens with zero attached hydrogens (tertiary/aromatic N) is 1. The molecule has 1 aromatic carbocycles. The molecule has 0 aliphatic rings. The van der Waals surface area contributed by atoms with Gasteiger partial charge in [-0.05, 0) is 71.4 Å². The molecule has 8 heteroatoms. The third-order valence-corrected chi connectivity index (χ3v) is 4.89. The predicted octanol–water partition coefficient (Wildman–Crippen LogP) is 4.16. The Hall–Kier alpha value is -1.67. The molecular weight excluding hydrogens is 488 g/mol. The van der Waals surface area contributed by atoms with Gasteiger partial charge in [0.1, 0.15) is 18.8 Å². The van der Waals surface area contributed by atoms with Crippen molar-refractivity contribution in [1.82, 2.24) is 15.4 Å². The number of hydroxylamine groups is 1. The van der Waals surface area contributed by atoms with Crippen LogP contribution in [0, 0.1) is 6.92 Å². The van der Waals surface area contributed by atoms with Crippen LogP contribution < -0.4 is 15.5 Å². The van der Waals surface area contributed by atoms with Crippen molar-refractivity contribution < 1.29 is 14.2 Å². The summed E-state index contributed by atoms with van der Waals surface area (Å²) < 4.78 is 13.0. The Morgan fingerprint density at radius 1 is 1.39 bits per heavy atom. The monoisotopic (exact) mass is 513 g/mol. The van der Waals surface area contributed by atoms with Crippen LogP contribution in [0.25, 0.3) is 6.08 Å². The fourth-order valence-corrected chi connectivity index (χ4v) is 3.15. The molecule has 2 rings (SSSR count). The maximum absolute atomic E-state index is 12.2. The van der Waals surface area contributed by atoms with Gasteiger partial charge in [0, 0.05) is 24.0 Å². The van der Waals surface area contributed by atoms with Crippen molar-refractivity contribution in [3.8, 4) is 5.75 Å². The third kappa shape index (κ3) is 6.74. The van der Waals surface area contributed by atoms with Crippen LogP contribution in [0.3, 0.4) is 0 Å². The average Bonchev–Trinajstić information content (AvgIpc) is 3.04. The van der Waals surface area contributed by atoms with E-state index in [4.69, 9.17) is 9.36 Å². The standard InChI is InChI=1S/C20H25IN3O3P/c1-4-17(20(25)23-27-28-21)13-19-15(2)8-9-24(19)10-11-26-18-7-5-6-16(12-18)14-22-3/h4-9,12-13,22,28H,1,10-11,14H2,2-3H3,(H,23,25)/b17-13+. The summed E-state index contributed by atoms with van der Waals surface area (Å²) in [5.74, 6) is 0.528. The number of carbonyl (C=O) groups is 1. The zero-order chi connectivity index (χ0) is 20.4. The van der Waals surface area contributed by atoms with E-state index in [1.54, 1.807) is 0 Å². The minimum atomic E-state index is -0.316. The van der Waals surface area contributed by atoms with Gasteiger partial charge in [-0.1, -0.05) is 24.8 Å². The highest BCUT2D eigenvalue weighted by molar-refractivity contribution is 14.2. The van der Waals surface area contributed by atoms with Gasteiger partial charge in [0.2, 0.25) is 0 Å². The van der Waals surface area contributed by atoms with Crippen LogP contribution in [0.2, 0.25) is 0 Å². The minimum absolute atomic E-state index is 0.150. The van der Waals surface area contributed by atoms with Gasteiger partial charge in [0.15, 0.2) is 0 Å². The molecule has 0 radical (unpaired) electrons. The topological polar surface area (TPSA) is 64.5 Å². The van der Waals surface area contributed by atoms with Crippen LogP contribution in [0.15, 0.2) is 54.8 Å². The van der Waals surface area contributed by atoms with E-state index in [2.05, 4.69) is 28.0 Å². The van der Waals surface area contributed by atoms with Crippen LogP contribution in [-0.4, -0.2) is 24.1 Å². The fraction of sp³-hybridized carbons (Fsp3) is 0.250. The van der Waals surface area contributed by atoms with Gasteiger partial charge < -0.3 is 14.6 Å². The van der Waals surface area contributed by atoms with Gasteiger partial charge in [-0.3, -0.25) is 4.79 Å². The molecule has 1 unspecified atom stereocenters. The maximum atomic E-state index is 12.2. The average molecular weight is 513 g/mol. The Morgan fingerprint density at radius 2 is 2.21 bits per heavy atom. The summed E-state index contributed by atoms with van der Waals surface area (Å²) >= 11 is 2.04. The van der Waals surface area contributed by atoms with E-state index in [1.165, 1.54) is 11.6 Å². The molecule has 1 heterocycles. The fourth-order valence-electron chi connectivity index (χ4n) is 2.69. The molecule has 0 bridgehead atoms. The molecule has 6 nitrogen and oxygen atoms in total. The largest absolute Gasteiger partial charge is 0.492 e. The number of halogens is 1. The van der Waals surface area contributed by atoms with E-state index in [9.17, 15) is 4.79 Å². The first-order valence-corrected chi connectivity index (χ1v) is 12.8. The Balaban J connectivity index is 2.05. The Bertz CT molecular complexity index is 836. The number of carbonyl (C=O) groups excluding carboxylic acids is 1. The number of ether oxygens (including phenoxy) is 1. The van der Waals surface area contributed by atoms with E-state index in [1.807, 2.05) is 72.6 Å². The van der Waals surface area contributed by atoms with Crippen LogP contribution in [-0.2, 0) is 22.5 Å². The number of rotatable bonds is 11. The van der Waals surface area contributed by atoms with E-state index in [-0.39, 0.29) is 12.4 Å². The smallest absolute Gasteiger partial charge is 0.275 e. The molecule has 150 valence electrons. The van der Waals surface area contributed by atoms with Crippen molar-refractivity contribution in [3.05, 3.63) is 71.6 Å². The number of benzene rings is 1. The molecule has 2 aromatic rings. The lowest BCUT2D eigenvalue weighted by molar-refractivity contribution is -0.122. The second-order valence-corrected chi connectivity index (χ2v) is 7.70. The lowest BCUT2D eigenvalue weighted by Gasteiger charge is -2.11. The molecule has 28 heavy (non-hydrogen) atoms. The third-order valence-electron chi connectivity index (χ3n) is 4.05. The van der Waals surface area contributed by atoms with Gasteiger partial charge in [-0.2, -0.15) is 0 Å². The van der Waals surface area contributed by atoms with Crippen molar-refractivity contribution in [1.29, 1.82) is 0 Å². The zero-order valence-electron chi connectivity index (χ0n) is 16.0. The second kappa shape index (κ2) is 12.0. The van der Waals surface area contributed by atoms with Crippen LogP contribution in [0.1, 0.15) is 16.8 Å². The van der Waals surface area contributed by atoms with Crippen molar-refractivity contribution in [3.63, 3.8) is 0 Å². The molecule has 0 fully saturated rings. The summed E-state index contributed by atoms with van der Waals surface area (Å²) in [6.07, 6.45) is 5.32. The van der Waals surface area contributed by atoms with Crippen LogP contribution in [0.5, 0.6) is 5.75 Å². The van der Waals surface area contributed by atoms with Gasteiger partial charge in [-0.15, -0.1) is 0 Å². The van der Waals surface area contributed by atoms with Gasteiger partial charge in [0.05, 0.1) is 6.54 Å². The molecule has 2 N–H and O–H groups in total. The first kappa shape index (κ1) is 22.6. The van der Waals surface area contributed by atoms with E-state index in [0.29, 0.717) is 18.7 Å². The summed E-state index contributed by atoms with van der Waals surface area (Å²) in [5, 5.41) is 3.13. The predicted molar refractivity (Wildman–Crippen MR) is 124 cm³/mol. The second-order valence-electron chi connectivity index (χ2n) is 6.02. The molecule has 0 spiro atoms. The van der Waals surface area contributed by atoms with Crippen molar-refractivity contribution in [2.45, 2.75) is 20.0 Å². The SMILES string of the molecule is C=C/C(=C\c1c(C)ccn1CCOc1cccc(CNC)c1)C(=O)NOPI. The van der Waals surface area contributed by atoms with Gasteiger partial charge in [0.25, 0.3) is 5.91 Å². The summed E-state index contributed by atoms with van der Waals surface area (Å²) in [7, 11) is 1.92. The Morgan fingerprint density at radius 3 is 2.93 bits per heavy atom. The molecule has 1 atom stereocenters. The number of hydrogen-bond donors (Lipinski definition) is 2. The van der Waals surface area contributed by atoms with Gasteiger partial charge in [-0.25, -0.2) is 10.1 Å². The van der Waals surface area contributed by atoms with Crippen LogP contribution >= 0.6 is 28.5 Å². The number of amides is 1. The number of hydrogen-bond acceptors (Lipinski definition) is 4. The highest BCUT2D eigenvalue weighted by Gasteiger charge is 2.10. The molecule has 1 amide bonds. The number of aryl methyl sites for hydroxylation is 1. The normalized spacial score (nSPS) is 11.8. The molecule has 1 aromatic heterocycles. The highest BCUT2D eigenvalue weighted by Crippen LogP contribution is 2.20. The van der Waals surface area contributed by atoms with Crippen molar-refractivity contribution >= 4 is 40.5 Å². The quantitative estimate of drug-likeness (QED) is 0.156. The number of aromatic nitrogens is 1. The first-order valence-electron chi connectivity index (χ1n) is 8.77. The van der Waals surface area contributed by atoms with E-state index >= 15 is 0 Å². The summed E-state index contributed by atoms with van der Waals surface area (Å²) in [4.78, 5) is 12.2. The van der Waals surface area contributed by atoms with E-state index < -0.39 is 0 Å². The Labute approximate surface area is 180 Å². The van der Waals surface area contributed by atoms with Crippen molar-refractivity contribution in [2.24, 2.45) is 0 Å². The highest BCUT2D eigenvalue weighted by atomic mass is 127. The summed E-state index contributed by atoms with van der Waals surface area (Å²) in [6, 6.07) is 10.1. The summed E-state index contributed by atoms with van der Waals surface area (Å²) in [5.41, 5.74) is 6.03. The molecule has 0 saturated heterocycles. The molecule has 0 aliphatic carbocycles. The summed E-state index contributed by atoms with van der Waals surface area (Å²) in [6.45, 7) is 7.87. The molecular formula is C20H25IN3O3P. The zero-order valence-corrected chi connectivity index (χ0v) is 19.2. The minimum Gasteiger partial charge on any atom is -0.492 e. The van der Waals surface area contributed by atoms with Crippen molar-refractivity contribution in [2.75, 3.05) is 13.7 Å². The number of nitrogens with one attached hydrogen (secondary N) is 2. The first-order chi connectivity index (χ1) is 13.6. The lowest BCUT2D eigenvalue weighted by atomic mass is 10.1. The molecule has 0 saturated carbocycles. The Kier molecular flexibility index (Phi) is 9.70. The maximum Gasteiger partial charge on any atom is 0.275 e. The van der Waals surface area contributed by atoms with E-state index in [0.717, 1.165) is 23.6 Å².